The predicted octanol–water partition coefficient (Wildman–Crippen LogP) is 1.08. The maximum Gasteiger partial charge on any atom is 0.253 e. The fourth-order valence-corrected chi connectivity index (χ4v) is 2.23. The lowest BCUT2D eigenvalue weighted by Gasteiger charge is -2.28. The first kappa shape index (κ1) is 21.0. The van der Waals surface area contributed by atoms with Crippen LogP contribution in [0.15, 0.2) is 12.2 Å². The molecule has 1 aliphatic rings. The second-order valence-corrected chi connectivity index (χ2v) is 7.88. The molecule has 1 N–H and O–H groups in total. The second kappa shape index (κ2) is 8.89. The summed E-state index contributed by atoms with van der Waals surface area (Å²) in [5, 5.41) is 2.80. The number of carbonyl (C=O) groups excluding carboxylic acids is 4. The summed E-state index contributed by atoms with van der Waals surface area (Å²) < 4.78 is 5.70. The van der Waals surface area contributed by atoms with Gasteiger partial charge in [-0.1, -0.05) is 27.7 Å². The number of carbonyl (C=O) groups is 4. The Balaban J connectivity index is 2.28. The summed E-state index contributed by atoms with van der Waals surface area (Å²) in [6, 6.07) is 0. The maximum atomic E-state index is 11.9. The van der Waals surface area contributed by atoms with Crippen LogP contribution in [0, 0.1) is 10.8 Å². The highest BCUT2D eigenvalue weighted by Gasteiger charge is 2.25. The predicted molar refractivity (Wildman–Crippen MR) is 92.5 cm³/mol. The standard InChI is InChI=1S/C18H28N2O5/c1-17(2,8-10-21)12-25-13-18(3,4)11-19-14(22)7-9-20-15(23)5-6-16(20)24/h5-6,10H,7-9,11-13H2,1-4H3,(H,19,22). The van der Waals surface area contributed by atoms with Crippen molar-refractivity contribution in [2.45, 2.75) is 40.5 Å². The van der Waals surface area contributed by atoms with Crippen LogP contribution in [0.4, 0.5) is 0 Å². The number of aldehydes is 1. The van der Waals surface area contributed by atoms with E-state index in [1.807, 2.05) is 27.7 Å². The molecular weight excluding hydrogens is 324 g/mol. The zero-order valence-corrected chi connectivity index (χ0v) is 15.5. The summed E-state index contributed by atoms with van der Waals surface area (Å²) in [6.45, 7) is 9.28. The third-order valence-electron chi connectivity index (χ3n) is 3.85. The molecule has 0 aromatic carbocycles. The van der Waals surface area contributed by atoms with Crippen molar-refractivity contribution in [3.8, 4) is 0 Å². The minimum atomic E-state index is -0.385. The van der Waals surface area contributed by atoms with Gasteiger partial charge in [0.2, 0.25) is 5.91 Å². The van der Waals surface area contributed by atoms with Gasteiger partial charge in [-0.25, -0.2) is 0 Å². The highest BCUT2D eigenvalue weighted by molar-refractivity contribution is 6.13. The van der Waals surface area contributed by atoms with Crippen molar-refractivity contribution in [2.75, 3.05) is 26.3 Å². The average Bonchev–Trinajstić information content (AvgIpc) is 2.81. The third kappa shape index (κ3) is 7.60. The fourth-order valence-electron chi connectivity index (χ4n) is 2.23. The Morgan fingerprint density at radius 1 is 1.12 bits per heavy atom. The van der Waals surface area contributed by atoms with Gasteiger partial charge in [0.1, 0.15) is 6.29 Å². The van der Waals surface area contributed by atoms with Crippen molar-refractivity contribution in [3.63, 3.8) is 0 Å². The van der Waals surface area contributed by atoms with E-state index in [0.29, 0.717) is 26.2 Å². The summed E-state index contributed by atoms with van der Waals surface area (Å²) in [5.74, 6) is -0.990. The van der Waals surface area contributed by atoms with Crippen LogP contribution in [0.25, 0.3) is 0 Å². The summed E-state index contributed by atoms with van der Waals surface area (Å²) >= 11 is 0. The summed E-state index contributed by atoms with van der Waals surface area (Å²) in [5.41, 5.74) is -0.475. The second-order valence-electron chi connectivity index (χ2n) is 7.88. The first-order valence-electron chi connectivity index (χ1n) is 8.38. The van der Waals surface area contributed by atoms with Crippen LogP contribution < -0.4 is 5.32 Å². The Hall–Kier alpha value is -2.02. The van der Waals surface area contributed by atoms with Gasteiger partial charge < -0.3 is 14.8 Å². The van der Waals surface area contributed by atoms with Gasteiger partial charge in [-0.05, 0) is 5.41 Å². The number of imide groups is 1. The molecule has 0 saturated carbocycles. The summed E-state index contributed by atoms with van der Waals surface area (Å²) in [6.07, 6.45) is 3.80. The van der Waals surface area contributed by atoms with Gasteiger partial charge in [0.05, 0.1) is 13.2 Å². The van der Waals surface area contributed by atoms with E-state index in [2.05, 4.69) is 5.32 Å². The minimum Gasteiger partial charge on any atom is -0.380 e. The van der Waals surface area contributed by atoms with E-state index in [-0.39, 0.29) is 41.5 Å². The van der Waals surface area contributed by atoms with E-state index < -0.39 is 0 Å². The van der Waals surface area contributed by atoms with E-state index in [1.54, 1.807) is 0 Å². The summed E-state index contributed by atoms with van der Waals surface area (Å²) in [4.78, 5) is 46.4. The fraction of sp³-hybridized carbons (Fsp3) is 0.667. The van der Waals surface area contributed by atoms with E-state index >= 15 is 0 Å². The monoisotopic (exact) mass is 352 g/mol. The SMILES string of the molecule is CC(C)(CC=O)COCC(C)(C)CNC(=O)CCN1C(=O)C=CC1=O. The molecule has 0 spiro atoms. The normalized spacial score (nSPS) is 15.0. The number of rotatable bonds is 11. The lowest BCUT2D eigenvalue weighted by Crippen LogP contribution is -2.39. The third-order valence-corrected chi connectivity index (χ3v) is 3.85. The molecule has 0 fully saturated rings. The van der Waals surface area contributed by atoms with E-state index in [1.165, 1.54) is 12.2 Å². The quantitative estimate of drug-likeness (QED) is 0.444. The molecule has 1 heterocycles. The highest BCUT2D eigenvalue weighted by Crippen LogP contribution is 2.21. The Bertz CT molecular complexity index is 534. The zero-order valence-electron chi connectivity index (χ0n) is 15.5. The molecule has 0 radical (unpaired) electrons. The van der Waals surface area contributed by atoms with Crippen LogP contribution in [0.2, 0.25) is 0 Å². The smallest absolute Gasteiger partial charge is 0.253 e. The number of ether oxygens (including phenoxy) is 1. The van der Waals surface area contributed by atoms with Gasteiger partial charge in [0.25, 0.3) is 11.8 Å². The molecule has 0 saturated heterocycles. The maximum absolute atomic E-state index is 11.9. The molecular formula is C18H28N2O5. The van der Waals surface area contributed by atoms with Crippen molar-refractivity contribution in [1.29, 1.82) is 0 Å². The van der Waals surface area contributed by atoms with Gasteiger partial charge >= 0.3 is 0 Å². The molecule has 25 heavy (non-hydrogen) atoms. The highest BCUT2D eigenvalue weighted by atomic mass is 16.5. The molecule has 7 nitrogen and oxygen atoms in total. The molecule has 0 aromatic rings. The number of nitrogens with zero attached hydrogens (tertiary/aromatic N) is 1. The molecule has 140 valence electrons. The number of hydrogen-bond acceptors (Lipinski definition) is 5. The van der Waals surface area contributed by atoms with Crippen molar-refractivity contribution in [1.82, 2.24) is 10.2 Å². The zero-order chi connectivity index (χ0) is 19.1. The van der Waals surface area contributed by atoms with Crippen molar-refractivity contribution in [3.05, 3.63) is 12.2 Å². The lowest BCUT2D eigenvalue weighted by molar-refractivity contribution is -0.137. The largest absolute Gasteiger partial charge is 0.380 e. The minimum absolute atomic E-state index is 0.0719. The van der Waals surface area contributed by atoms with Crippen molar-refractivity contribution >= 4 is 24.0 Å². The number of amides is 3. The average molecular weight is 352 g/mol. The first-order chi connectivity index (χ1) is 11.6. The van der Waals surface area contributed by atoms with Crippen LogP contribution in [-0.4, -0.2) is 55.2 Å². The molecule has 1 rings (SSSR count). The Morgan fingerprint density at radius 3 is 2.24 bits per heavy atom. The van der Waals surface area contributed by atoms with Gasteiger partial charge in [-0.15, -0.1) is 0 Å². The van der Waals surface area contributed by atoms with Gasteiger partial charge in [0.15, 0.2) is 0 Å². The first-order valence-corrected chi connectivity index (χ1v) is 8.38. The Kier molecular flexibility index (Phi) is 7.48. The molecule has 0 atom stereocenters. The van der Waals surface area contributed by atoms with Gasteiger partial charge in [0, 0.05) is 43.5 Å². The van der Waals surface area contributed by atoms with Crippen molar-refractivity contribution < 1.29 is 23.9 Å². The van der Waals surface area contributed by atoms with Gasteiger partial charge in [-0.2, -0.15) is 0 Å². The van der Waals surface area contributed by atoms with Gasteiger partial charge in [-0.3, -0.25) is 19.3 Å². The number of nitrogens with one attached hydrogen (secondary N) is 1. The molecule has 3 amide bonds. The van der Waals surface area contributed by atoms with Crippen LogP contribution >= 0.6 is 0 Å². The van der Waals surface area contributed by atoms with Crippen molar-refractivity contribution in [2.24, 2.45) is 10.8 Å². The van der Waals surface area contributed by atoms with E-state index in [9.17, 15) is 19.2 Å². The molecule has 0 aliphatic carbocycles. The van der Waals surface area contributed by atoms with E-state index in [4.69, 9.17) is 4.74 Å². The van der Waals surface area contributed by atoms with E-state index in [0.717, 1.165) is 11.2 Å². The lowest BCUT2D eigenvalue weighted by atomic mass is 9.90. The Morgan fingerprint density at radius 2 is 1.68 bits per heavy atom. The molecule has 1 aliphatic heterocycles. The van der Waals surface area contributed by atoms with Crippen LogP contribution in [0.3, 0.4) is 0 Å². The number of hydrogen-bond donors (Lipinski definition) is 1. The van der Waals surface area contributed by atoms with Crippen LogP contribution in [-0.2, 0) is 23.9 Å². The Labute approximate surface area is 148 Å². The van der Waals surface area contributed by atoms with Crippen LogP contribution in [0.5, 0.6) is 0 Å². The molecule has 7 heteroatoms. The molecule has 0 unspecified atom stereocenters. The molecule has 0 bridgehead atoms. The summed E-state index contributed by atoms with van der Waals surface area (Å²) in [7, 11) is 0. The van der Waals surface area contributed by atoms with Crippen LogP contribution in [0.1, 0.15) is 40.5 Å². The molecule has 0 aromatic heterocycles. The topological polar surface area (TPSA) is 92.8 Å².